The van der Waals surface area contributed by atoms with Gasteiger partial charge in [-0.15, -0.1) is 0 Å². The third-order valence-corrected chi connectivity index (χ3v) is 3.20. The molecule has 1 aliphatic heterocycles. The monoisotopic (exact) mass is 213 g/mol. The lowest BCUT2D eigenvalue weighted by atomic mass is 9.99. The van der Waals surface area contributed by atoms with Gasteiger partial charge in [-0.1, -0.05) is 12.1 Å². The number of rotatable bonds is 1. The number of aromatic nitrogens is 2. The van der Waals surface area contributed by atoms with Gasteiger partial charge in [-0.05, 0) is 37.1 Å². The maximum absolute atomic E-state index is 4.19. The summed E-state index contributed by atoms with van der Waals surface area (Å²) in [5, 5.41) is 3.43. The summed E-state index contributed by atoms with van der Waals surface area (Å²) in [4.78, 5) is 4.19. The van der Waals surface area contributed by atoms with E-state index < -0.39 is 0 Å². The number of fused-ring (bicyclic) bond motifs is 1. The molecule has 2 aromatic rings. The van der Waals surface area contributed by atoms with Crippen molar-refractivity contribution in [1.29, 1.82) is 0 Å². The molecule has 0 spiro atoms. The van der Waals surface area contributed by atoms with Gasteiger partial charge < -0.3 is 9.88 Å². The van der Waals surface area contributed by atoms with Crippen LogP contribution >= 0.6 is 0 Å². The summed E-state index contributed by atoms with van der Waals surface area (Å²) in [7, 11) is 0. The lowest BCUT2D eigenvalue weighted by Gasteiger charge is -2.21. The molecule has 3 heteroatoms. The van der Waals surface area contributed by atoms with Crippen LogP contribution in [0, 0.1) is 6.92 Å². The highest BCUT2D eigenvalue weighted by Crippen LogP contribution is 2.22. The van der Waals surface area contributed by atoms with Crippen LogP contribution in [0.5, 0.6) is 0 Å². The molecule has 82 valence electrons. The van der Waals surface area contributed by atoms with Crippen molar-refractivity contribution in [2.75, 3.05) is 6.54 Å². The highest BCUT2D eigenvalue weighted by molar-refractivity contribution is 5.48. The molecule has 1 aromatic heterocycles. The van der Waals surface area contributed by atoms with Crippen LogP contribution < -0.4 is 5.32 Å². The maximum atomic E-state index is 4.19. The Morgan fingerprint density at radius 3 is 3.12 bits per heavy atom. The van der Waals surface area contributed by atoms with Gasteiger partial charge in [-0.2, -0.15) is 0 Å². The van der Waals surface area contributed by atoms with Crippen molar-refractivity contribution in [2.24, 2.45) is 0 Å². The second-order valence-electron chi connectivity index (χ2n) is 4.25. The molecule has 1 aromatic carbocycles. The third kappa shape index (κ3) is 1.44. The van der Waals surface area contributed by atoms with E-state index in [0.29, 0.717) is 0 Å². The number of benzene rings is 1. The molecule has 0 aliphatic carbocycles. The van der Waals surface area contributed by atoms with Crippen LogP contribution in [0.1, 0.15) is 16.8 Å². The molecule has 0 radical (unpaired) electrons. The SMILES string of the molecule is Cc1cncn1-c1cccc2c1CNCC2. The van der Waals surface area contributed by atoms with Crippen molar-refractivity contribution in [3.8, 4) is 5.69 Å². The molecule has 0 saturated heterocycles. The second-order valence-corrected chi connectivity index (χ2v) is 4.25. The molecule has 1 N–H and O–H groups in total. The first-order chi connectivity index (χ1) is 7.86. The summed E-state index contributed by atoms with van der Waals surface area (Å²) in [6, 6.07) is 6.53. The summed E-state index contributed by atoms with van der Waals surface area (Å²) in [6.07, 6.45) is 4.91. The van der Waals surface area contributed by atoms with Crippen molar-refractivity contribution >= 4 is 0 Å². The number of hydrogen-bond acceptors (Lipinski definition) is 2. The minimum Gasteiger partial charge on any atom is -0.312 e. The van der Waals surface area contributed by atoms with Gasteiger partial charge >= 0.3 is 0 Å². The zero-order valence-corrected chi connectivity index (χ0v) is 9.40. The Bertz CT molecular complexity index is 514. The van der Waals surface area contributed by atoms with Crippen molar-refractivity contribution in [1.82, 2.24) is 14.9 Å². The molecule has 1 aliphatic rings. The molecular formula is C13H15N3. The van der Waals surface area contributed by atoms with Crippen molar-refractivity contribution in [3.05, 3.63) is 47.5 Å². The summed E-state index contributed by atoms with van der Waals surface area (Å²) in [6.45, 7) is 4.13. The Morgan fingerprint density at radius 2 is 2.31 bits per heavy atom. The van der Waals surface area contributed by atoms with Crippen LogP contribution in [0.25, 0.3) is 5.69 Å². The van der Waals surface area contributed by atoms with Gasteiger partial charge in [0, 0.05) is 18.4 Å². The van der Waals surface area contributed by atoms with E-state index in [1.54, 1.807) is 0 Å². The van der Waals surface area contributed by atoms with E-state index in [0.717, 1.165) is 19.5 Å². The standard InChI is InChI=1S/C13H15N3/c1-10-7-15-9-16(10)13-4-2-3-11-5-6-14-8-12(11)13/h2-4,7,9,14H,5-6,8H2,1H3. The molecule has 0 bridgehead atoms. The van der Waals surface area contributed by atoms with Crippen LogP contribution in [-0.2, 0) is 13.0 Å². The minimum absolute atomic E-state index is 0.961. The van der Waals surface area contributed by atoms with Gasteiger partial charge in [0.15, 0.2) is 0 Å². The lowest BCUT2D eigenvalue weighted by Crippen LogP contribution is -2.25. The summed E-state index contributed by atoms with van der Waals surface area (Å²) in [5.74, 6) is 0. The Labute approximate surface area is 95.1 Å². The topological polar surface area (TPSA) is 29.9 Å². The lowest BCUT2D eigenvalue weighted by molar-refractivity contribution is 0.639. The van der Waals surface area contributed by atoms with E-state index in [1.807, 2.05) is 12.5 Å². The number of hydrogen-bond donors (Lipinski definition) is 1. The first-order valence-corrected chi connectivity index (χ1v) is 5.67. The Balaban J connectivity index is 2.18. The minimum atomic E-state index is 0.961. The van der Waals surface area contributed by atoms with Crippen LogP contribution in [0.2, 0.25) is 0 Å². The third-order valence-electron chi connectivity index (χ3n) is 3.20. The highest BCUT2D eigenvalue weighted by Gasteiger charge is 2.13. The van der Waals surface area contributed by atoms with E-state index >= 15 is 0 Å². The van der Waals surface area contributed by atoms with Crippen molar-refractivity contribution in [2.45, 2.75) is 19.9 Å². The van der Waals surface area contributed by atoms with E-state index in [9.17, 15) is 0 Å². The van der Waals surface area contributed by atoms with Gasteiger partial charge in [-0.25, -0.2) is 4.98 Å². The predicted molar refractivity (Wildman–Crippen MR) is 63.7 cm³/mol. The van der Waals surface area contributed by atoms with Gasteiger partial charge in [0.25, 0.3) is 0 Å². The first-order valence-electron chi connectivity index (χ1n) is 5.67. The van der Waals surface area contributed by atoms with Crippen LogP contribution in [0.15, 0.2) is 30.7 Å². The fourth-order valence-electron chi connectivity index (χ4n) is 2.33. The highest BCUT2D eigenvalue weighted by atomic mass is 15.1. The molecule has 0 fully saturated rings. The Kier molecular flexibility index (Phi) is 2.26. The fraction of sp³-hybridized carbons (Fsp3) is 0.308. The molecule has 2 heterocycles. The van der Waals surface area contributed by atoms with Crippen LogP contribution in [0.3, 0.4) is 0 Å². The number of nitrogens with zero attached hydrogens (tertiary/aromatic N) is 2. The summed E-state index contributed by atoms with van der Waals surface area (Å²) in [5.41, 5.74) is 5.32. The number of aryl methyl sites for hydroxylation is 1. The molecule has 3 rings (SSSR count). The quantitative estimate of drug-likeness (QED) is 0.783. The largest absolute Gasteiger partial charge is 0.312 e. The molecule has 0 atom stereocenters. The van der Waals surface area contributed by atoms with Gasteiger partial charge in [-0.3, -0.25) is 0 Å². The summed E-state index contributed by atoms with van der Waals surface area (Å²) >= 11 is 0. The molecule has 0 saturated carbocycles. The van der Waals surface area contributed by atoms with E-state index in [2.05, 4.69) is 40.0 Å². The molecular weight excluding hydrogens is 198 g/mol. The zero-order valence-electron chi connectivity index (χ0n) is 9.40. The fourth-order valence-corrected chi connectivity index (χ4v) is 2.33. The maximum Gasteiger partial charge on any atom is 0.0994 e. The number of nitrogens with one attached hydrogen (secondary N) is 1. The average Bonchev–Trinajstić information content (AvgIpc) is 2.75. The normalized spacial score (nSPS) is 14.8. The molecule has 16 heavy (non-hydrogen) atoms. The predicted octanol–water partition coefficient (Wildman–Crippen LogP) is 1.83. The van der Waals surface area contributed by atoms with Crippen molar-refractivity contribution < 1.29 is 0 Å². The van der Waals surface area contributed by atoms with Gasteiger partial charge in [0.1, 0.15) is 0 Å². The Hall–Kier alpha value is -1.61. The molecule has 0 unspecified atom stereocenters. The van der Waals surface area contributed by atoms with E-state index in [4.69, 9.17) is 0 Å². The van der Waals surface area contributed by atoms with Gasteiger partial charge in [0.05, 0.1) is 12.0 Å². The second kappa shape index (κ2) is 3.76. The number of imidazole rings is 1. The van der Waals surface area contributed by atoms with E-state index in [-0.39, 0.29) is 0 Å². The first kappa shape index (κ1) is 9.60. The molecule has 0 amide bonds. The Morgan fingerprint density at radius 1 is 1.38 bits per heavy atom. The zero-order chi connectivity index (χ0) is 11.0. The summed E-state index contributed by atoms with van der Waals surface area (Å²) < 4.78 is 2.16. The van der Waals surface area contributed by atoms with Gasteiger partial charge in [0.2, 0.25) is 0 Å². The average molecular weight is 213 g/mol. The van der Waals surface area contributed by atoms with E-state index in [1.165, 1.54) is 22.5 Å². The molecule has 3 nitrogen and oxygen atoms in total. The smallest absolute Gasteiger partial charge is 0.0994 e. The van der Waals surface area contributed by atoms with Crippen LogP contribution in [0.4, 0.5) is 0 Å². The van der Waals surface area contributed by atoms with Crippen LogP contribution in [-0.4, -0.2) is 16.1 Å². The van der Waals surface area contributed by atoms with Crippen molar-refractivity contribution in [3.63, 3.8) is 0 Å².